The Hall–Kier alpha value is -0.940. The summed E-state index contributed by atoms with van der Waals surface area (Å²) in [5.74, 6) is 0. The van der Waals surface area contributed by atoms with E-state index < -0.39 is 0 Å². The molecule has 0 aliphatic heterocycles. The highest BCUT2D eigenvalue weighted by Gasteiger charge is 2.10. The smallest absolute Gasteiger partial charge is 0.113 e. The number of hydrogen-bond donors (Lipinski definition) is 2. The zero-order valence-electron chi connectivity index (χ0n) is 9.14. The number of aromatic nitrogens is 1. The molecule has 2 N–H and O–H groups in total. The zero-order chi connectivity index (χ0) is 12.1. The second-order valence-electron chi connectivity index (χ2n) is 3.58. The number of halogens is 1. The second-order valence-corrected chi connectivity index (χ2v) is 5.33. The van der Waals surface area contributed by atoms with Crippen molar-refractivity contribution in [2.24, 2.45) is 0 Å². The fourth-order valence-corrected chi connectivity index (χ4v) is 2.46. The molecule has 0 fully saturated rings. The maximum Gasteiger partial charge on any atom is 0.113 e. The predicted octanol–water partition coefficient (Wildman–Crippen LogP) is 2.62. The molecule has 0 saturated carbocycles. The van der Waals surface area contributed by atoms with Crippen LogP contribution in [0.15, 0.2) is 36.5 Å². The highest BCUT2D eigenvalue weighted by atomic mass is 35.5. The third kappa shape index (κ3) is 3.51. The minimum atomic E-state index is -0.0705. The van der Waals surface area contributed by atoms with E-state index >= 15 is 0 Å². The first kappa shape index (κ1) is 12.5. The van der Waals surface area contributed by atoms with Gasteiger partial charge < -0.3 is 10.4 Å². The lowest BCUT2D eigenvalue weighted by atomic mass is 10.1. The Morgan fingerprint density at radius 3 is 2.71 bits per heavy atom. The van der Waals surface area contributed by atoms with Crippen molar-refractivity contribution >= 4 is 22.9 Å². The van der Waals surface area contributed by atoms with Crippen LogP contribution in [0.3, 0.4) is 0 Å². The van der Waals surface area contributed by atoms with Crippen molar-refractivity contribution in [2.75, 3.05) is 6.61 Å². The van der Waals surface area contributed by atoms with Crippen molar-refractivity contribution in [2.45, 2.75) is 12.6 Å². The van der Waals surface area contributed by atoms with E-state index in [1.807, 2.05) is 30.3 Å². The summed E-state index contributed by atoms with van der Waals surface area (Å²) < 4.78 is 0.682. The lowest BCUT2D eigenvalue weighted by Gasteiger charge is -2.15. The summed E-state index contributed by atoms with van der Waals surface area (Å²) in [5.41, 5.74) is 1.07. The van der Waals surface area contributed by atoms with Crippen LogP contribution in [-0.2, 0) is 6.54 Å². The van der Waals surface area contributed by atoms with E-state index in [-0.39, 0.29) is 12.6 Å². The fourth-order valence-electron chi connectivity index (χ4n) is 1.55. The Balaban J connectivity index is 1.97. The maximum atomic E-state index is 9.36. The van der Waals surface area contributed by atoms with E-state index in [1.165, 1.54) is 11.3 Å². The Labute approximate surface area is 109 Å². The first-order chi connectivity index (χ1) is 8.29. The maximum absolute atomic E-state index is 9.36. The third-order valence-electron chi connectivity index (χ3n) is 2.41. The van der Waals surface area contributed by atoms with Gasteiger partial charge in [-0.2, -0.15) is 0 Å². The summed E-state index contributed by atoms with van der Waals surface area (Å²) in [4.78, 5) is 4.16. The van der Waals surface area contributed by atoms with Crippen LogP contribution in [0.5, 0.6) is 0 Å². The van der Waals surface area contributed by atoms with E-state index in [2.05, 4.69) is 10.3 Å². The van der Waals surface area contributed by atoms with Crippen molar-refractivity contribution in [3.63, 3.8) is 0 Å². The van der Waals surface area contributed by atoms with Gasteiger partial charge in [-0.25, -0.2) is 4.98 Å². The standard InChI is InChI=1S/C12H13ClN2OS/c13-11-6-15-12(17-11)7-14-10(8-16)9-4-2-1-3-5-9/h1-6,10,14,16H,7-8H2. The van der Waals surface area contributed by atoms with Gasteiger partial charge in [0.05, 0.1) is 18.8 Å². The zero-order valence-corrected chi connectivity index (χ0v) is 10.7. The number of nitrogens with zero attached hydrogens (tertiary/aromatic N) is 1. The van der Waals surface area contributed by atoms with Gasteiger partial charge in [-0.3, -0.25) is 0 Å². The summed E-state index contributed by atoms with van der Waals surface area (Å²) in [6.07, 6.45) is 1.64. The molecule has 0 aliphatic carbocycles. The summed E-state index contributed by atoms with van der Waals surface area (Å²) in [5, 5.41) is 13.5. The minimum absolute atomic E-state index is 0.0587. The molecule has 3 nitrogen and oxygen atoms in total. The molecule has 1 atom stereocenters. The summed E-state index contributed by atoms with van der Waals surface area (Å²) in [7, 11) is 0. The monoisotopic (exact) mass is 268 g/mol. The highest BCUT2D eigenvalue weighted by Crippen LogP contribution is 2.19. The molecule has 0 amide bonds. The molecule has 2 aromatic rings. The lowest BCUT2D eigenvalue weighted by molar-refractivity contribution is 0.243. The molecule has 0 saturated heterocycles. The van der Waals surface area contributed by atoms with Gasteiger partial charge in [0, 0.05) is 6.54 Å². The highest BCUT2D eigenvalue weighted by molar-refractivity contribution is 7.15. The van der Waals surface area contributed by atoms with Gasteiger partial charge >= 0.3 is 0 Å². The molecule has 5 heteroatoms. The molecule has 90 valence electrons. The van der Waals surface area contributed by atoms with Crippen LogP contribution in [-0.4, -0.2) is 16.7 Å². The number of aliphatic hydroxyl groups is 1. The van der Waals surface area contributed by atoms with E-state index in [0.717, 1.165) is 10.6 Å². The topological polar surface area (TPSA) is 45.1 Å². The van der Waals surface area contributed by atoms with Crippen molar-refractivity contribution < 1.29 is 5.11 Å². The molecule has 0 aliphatic rings. The Morgan fingerprint density at radius 1 is 1.35 bits per heavy atom. The number of rotatable bonds is 5. The average molecular weight is 269 g/mol. The second kappa shape index (κ2) is 6.12. The average Bonchev–Trinajstić information content (AvgIpc) is 2.77. The number of benzene rings is 1. The van der Waals surface area contributed by atoms with Crippen LogP contribution in [0.25, 0.3) is 0 Å². The molecule has 17 heavy (non-hydrogen) atoms. The van der Waals surface area contributed by atoms with Crippen LogP contribution in [0.1, 0.15) is 16.6 Å². The van der Waals surface area contributed by atoms with Gasteiger partial charge in [0.25, 0.3) is 0 Å². The van der Waals surface area contributed by atoms with Gasteiger partial charge in [-0.1, -0.05) is 41.9 Å². The summed E-state index contributed by atoms with van der Waals surface area (Å²) in [6.45, 7) is 0.667. The third-order valence-corrected chi connectivity index (χ3v) is 3.52. The number of aliphatic hydroxyl groups excluding tert-OH is 1. The molecule has 0 bridgehead atoms. The van der Waals surface area contributed by atoms with Crippen molar-refractivity contribution in [3.8, 4) is 0 Å². The molecular formula is C12H13ClN2OS. The fraction of sp³-hybridized carbons (Fsp3) is 0.250. The number of nitrogens with one attached hydrogen (secondary N) is 1. The van der Waals surface area contributed by atoms with Gasteiger partial charge in [-0.05, 0) is 5.56 Å². The Kier molecular flexibility index (Phi) is 4.50. The first-order valence-electron chi connectivity index (χ1n) is 5.29. The largest absolute Gasteiger partial charge is 0.394 e. The molecule has 0 spiro atoms. The van der Waals surface area contributed by atoms with Crippen molar-refractivity contribution in [1.82, 2.24) is 10.3 Å². The SMILES string of the molecule is OCC(NCc1ncc(Cl)s1)c1ccccc1. The molecular weight excluding hydrogens is 256 g/mol. The van der Waals surface area contributed by atoms with Crippen molar-refractivity contribution in [1.29, 1.82) is 0 Å². The van der Waals surface area contributed by atoms with E-state index in [4.69, 9.17) is 11.6 Å². The van der Waals surface area contributed by atoms with Gasteiger partial charge in [0.15, 0.2) is 0 Å². The lowest BCUT2D eigenvalue weighted by Crippen LogP contribution is -2.23. The van der Waals surface area contributed by atoms with E-state index in [1.54, 1.807) is 6.20 Å². The summed E-state index contributed by atoms with van der Waals surface area (Å²) in [6, 6.07) is 9.78. The van der Waals surface area contributed by atoms with Crippen LogP contribution >= 0.6 is 22.9 Å². The molecule has 1 heterocycles. The normalized spacial score (nSPS) is 12.6. The van der Waals surface area contributed by atoms with Crippen LogP contribution in [0.2, 0.25) is 4.34 Å². The Bertz CT molecular complexity index is 461. The van der Waals surface area contributed by atoms with Crippen LogP contribution in [0.4, 0.5) is 0 Å². The molecule has 2 rings (SSSR count). The molecule has 1 aromatic heterocycles. The van der Waals surface area contributed by atoms with Crippen LogP contribution < -0.4 is 5.32 Å². The van der Waals surface area contributed by atoms with Crippen LogP contribution in [0, 0.1) is 0 Å². The van der Waals surface area contributed by atoms with Crippen molar-refractivity contribution in [3.05, 3.63) is 51.4 Å². The molecule has 0 radical (unpaired) electrons. The number of hydrogen-bond acceptors (Lipinski definition) is 4. The van der Waals surface area contributed by atoms with Gasteiger partial charge in [0.2, 0.25) is 0 Å². The van der Waals surface area contributed by atoms with E-state index in [0.29, 0.717) is 10.9 Å². The molecule has 1 unspecified atom stereocenters. The first-order valence-corrected chi connectivity index (χ1v) is 6.48. The minimum Gasteiger partial charge on any atom is -0.394 e. The van der Waals surface area contributed by atoms with Gasteiger partial charge in [0.1, 0.15) is 9.34 Å². The summed E-state index contributed by atoms with van der Waals surface area (Å²) >= 11 is 7.25. The number of thiazole rings is 1. The predicted molar refractivity (Wildman–Crippen MR) is 70.2 cm³/mol. The van der Waals surface area contributed by atoms with Gasteiger partial charge in [-0.15, -0.1) is 11.3 Å². The quantitative estimate of drug-likeness (QED) is 0.876. The molecule has 1 aromatic carbocycles. The van der Waals surface area contributed by atoms with E-state index in [9.17, 15) is 5.11 Å². The Morgan fingerprint density at radius 2 is 2.12 bits per heavy atom.